The van der Waals surface area contributed by atoms with Gasteiger partial charge in [-0.1, -0.05) is 13.8 Å². The van der Waals surface area contributed by atoms with Crippen LogP contribution in [0.25, 0.3) is 0 Å². The number of amides is 1. The number of esters is 1. The molecule has 0 aliphatic heterocycles. The minimum absolute atomic E-state index is 0.168. The number of nitrogens with one attached hydrogen (secondary N) is 1. The third-order valence-electron chi connectivity index (χ3n) is 3.01. The average Bonchev–Trinajstić information content (AvgIpc) is 2.81. The van der Waals surface area contributed by atoms with E-state index in [1.807, 2.05) is 5.38 Å². The van der Waals surface area contributed by atoms with Crippen molar-refractivity contribution in [1.82, 2.24) is 0 Å². The van der Waals surface area contributed by atoms with Crippen LogP contribution in [0.1, 0.15) is 43.6 Å². The van der Waals surface area contributed by atoms with Crippen molar-refractivity contribution < 1.29 is 14.3 Å². The lowest BCUT2D eigenvalue weighted by molar-refractivity contribution is -0.114. The van der Waals surface area contributed by atoms with E-state index in [-0.39, 0.29) is 12.2 Å². The van der Waals surface area contributed by atoms with Crippen LogP contribution in [0.3, 0.4) is 0 Å². The van der Waals surface area contributed by atoms with Gasteiger partial charge in [0, 0.05) is 5.70 Å². The van der Waals surface area contributed by atoms with Gasteiger partial charge < -0.3 is 15.8 Å². The van der Waals surface area contributed by atoms with Gasteiger partial charge in [0.1, 0.15) is 16.6 Å². The number of allylic oxidation sites excluding steroid dienone is 1. The number of nitriles is 1. The molecular weight excluding hydrogens is 314 g/mol. The summed E-state index contributed by atoms with van der Waals surface area (Å²) in [6, 6.07) is 1.77. The van der Waals surface area contributed by atoms with E-state index in [1.54, 1.807) is 19.9 Å². The third-order valence-corrected chi connectivity index (χ3v) is 3.95. The minimum atomic E-state index is -0.811. The highest BCUT2D eigenvalue weighted by atomic mass is 32.1. The molecule has 124 valence electrons. The van der Waals surface area contributed by atoms with Crippen molar-refractivity contribution >= 4 is 28.2 Å². The molecule has 1 aromatic heterocycles. The van der Waals surface area contributed by atoms with Gasteiger partial charge in [-0.2, -0.15) is 5.26 Å². The number of anilines is 1. The first-order valence-corrected chi connectivity index (χ1v) is 8.15. The molecule has 1 amide bonds. The number of thiophene rings is 1. The molecule has 3 N–H and O–H groups in total. The molecule has 7 heteroatoms. The number of primary amides is 1. The van der Waals surface area contributed by atoms with Gasteiger partial charge in [-0.3, -0.25) is 4.79 Å². The lowest BCUT2D eigenvalue weighted by Gasteiger charge is -2.11. The molecule has 0 fully saturated rings. The van der Waals surface area contributed by atoms with Crippen LogP contribution in [0, 0.1) is 17.2 Å². The highest BCUT2D eigenvalue weighted by Gasteiger charge is 2.22. The molecule has 0 spiro atoms. The van der Waals surface area contributed by atoms with Gasteiger partial charge in [-0.05, 0) is 37.1 Å². The molecule has 0 saturated heterocycles. The summed E-state index contributed by atoms with van der Waals surface area (Å²) in [4.78, 5) is 23.5. The Kier molecular flexibility index (Phi) is 6.79. The number of nitrogens with zero attached hydrogens (tertiary/aromatic N) is 1. The Morgan fingerprint density at radius 2 is 2.13 bits per heavy atom. The zero-order chi connectivity index (χ0) is 17.6. The Bertz CT molecular complexity index is 669. The molecule has 6 nitrogen and oxygen atoms in total. The summed E-state index contributed by atoms with van der Waals surface area (Å²) in [6.45, 7) is 7.71. The number of hydrogen-bond donors (Lipinski definition) is 2. The summed E-state index contributed by atoms with van der Waals surface area (Å²) in [7, 11) is 0. The summed E-state index contributed by atoms with van der Waals surface area (Å²) < 4.78 is 5.12. The molecule has 0 atom stereocenters. The fourth-order valence-electron chi connectivity index (χ4n) is 2.06. The zero-order valence-corrected chi connectivity index (χ0v) is 14.5. The van der Waals surface area contributed by atoms with E-state index in [2.05, 4.69) is 19.2 Å². The average molecular weight is 335 g/mol. The number of carbonyl (C=O) groups excluding carboxylic acids is 2. The number of ether oxygens (including phenoxy) is 1. The van der Waals surface area contributed by atoms with E-state index in [0.717, 1.165) is 12.0 Å². The molecule has 0 bridgehead atoms. The summed E-state index contributed by atoms with van der Waals surface area (Å²) in [6.07, 6.45) is 0.732. The van der Waals surface area contributed by atoms with Gasteiger partial charge in [0.05, 0.1) is 12.2 Å². The Labute approximate surface area is 139 Å². The van der Waals surface area contributed by atoms with Crippen LogP contribution in [-0.2, 0) is 16.0 Å². The zero-order valence-electron chi connectivity index (χ0n) is 13.7. The van der Waals surface area contributed by atoms with E-state index in [1.165, 1.54) is 11.3 Å². The Morgan fingerprint density at radius 1 is 1.48 bits per heavy atom. The first kappa shape index (κ1) is 18.7. The predicted octanol–water partition coefficient (Wildman–Crippen LogP) is 2.82. The second kappa shape index (κ2) is 8.34. The van der Waals surface area contributed by atoms with Crippen molar-refractivity contribution in [2.24, 2.45) is 11.7 Å². The van der Waals surface area contributed by atoms with Crippen molar-refractivity contribution in [3.63, 3.8) is 0 Å². The Balaban J connectivity index is 3.26. The number of hydrogen-bond acceptors (Lipinski definition) is 6. The van der Waals surface area contributed by atoms with Crippen molar-refractivity contribution in [2.45, 2.75) is 34.1 Å². The molecule has 1 aromatic rings. The Hall–Kier alpha value is -2.33. The summed E-state index contributed by atoms with van der Waals surface area (Å²) in [5.41, 5.74) is 6.65. The van der Waals surface area contributed by atoms with Gasteiger partial charge in [0.25, 0.3) is 5.91 Å². The first-order valence-electron chi connectivity index (χ1n) is 7.27. The Morgan fingerprint density at radius 3 is 2.61 bits per heavy atom. The van der Waals surface area contributed by atoms with Crippen molar-refractivity contribution in [3.8, 4) is 6.07 Å². The molecule has 0 unspecified atom stereocenters. The molecule has 1 heterocycles. The van der Waals surface area contributed by atoms with E-state index in [0.29, 0.717) is 22.2 Å². The normalized spacial score (nSPS) is 11.7. The van der Waals surface area contributed by atoms with E-state index < -0.39 is 11.9 Å². The standard InChI is InChI=1S/C16H21N3O3S/c1-5-22-16(21)13-11(6-9(2)3)8-23-15(13)19-10(4)12(7-17)14(18)20/h8-9,19H,5-6H2,1-4H3,(H2,18,20)/b12-10+. The lowest BCUT2D eigenvalue weighted by Crippen LogP contribution is -2.17. The van der Waals surface area contributed by atoms with E-state index >= 15 is 0 Å². The minimum Gasteiger partial charge on any atom is -0.462 e. The highest BCUT2D eigenvalue weighted by molar-refractivity contribution is 7.14. The summed E-state index contributed by atoms with van der Waals surface area (Å²) in [5, 5.41) is 14.4. The molecule has 0 saturated carbocycles. The number of nitrogens with two attached hydrogens (primary N) is 1. The molecule has 0 aromatic carbocycles. The molecule has 0 aliphatic rings. The second-order valence-electron chi connectivity index (χ2n) is 5.38. The second-order valence-corrected chi connectivity index (χ2v) is 6.26. The number of carbonyl (C=O) groups is 2. The van der Waals surface area contributed by atoms with Gasteiger partial charge in [-0.15, -0.1) is 11.3 Å². The van der Waals surface area contributed by atoms with Crippen molar-refractivity contribution in [1.29, 1.82) is 5.26 Å². The van der Waals surface area contributed by atoms with Gasteiger partial charge in [-0.25, -0.2) is 4.79 Å². The van der Waals surface area contributed by atoms with Crippen LogP contribution in [0.2, 0.25) is 0 Å². The maximum absolute atomic E-state index is 12.3. The van der Waals surface area contributed by atoms with Crippen LogP contribution in [0.15, 0.2) is 16.7 Å². The summed E-state index contributed by atoms with van der Waals surface area (Å²) in [5.74, 6) is -0.853. The summed E-state index contributed by atoms with van der Waals surface area (Å²) >= 11 is 1.33. The van der Waals surface area contributed by atoms with Crippen molar-refractivity contribution in [2.75, 3.05) is 11.9 Å². The predicted molar refractivity (Wildman–Crippen MR) is 89.9 cm³/mol. The molecule has 0 aliphatic carbocycles. The smallest absolute Gasteiger partial charge is 0.341 e. The van der Waals surface area contributed by atoms with E-state index in [4.69, 9.17) is 15.7 Å². The lowest BCUT2D eigenvalue weighted by atomic mass is 10.0. The topological polar surface area (TPSA) is 105 Å². The van der Waals surface area contributed by atoms with Crippen LogP contribution >= 0.6 is 11.3 Å². The van der Waals surface area contributed by atoms with Crippen LogP contribution < -0.4 is 11.1 Å². The van der Waals surface area contributed by atoms with Gasteiger partial charge in [0.2, 0.25) is 0 Å². The van der Waals surface area contributed by atoms with Crippen LogP contribution in [0.4, 0.5) is 5.00 Å². The van der Waals surface area contributed by atoms with Crippen LogP contribution in [-0.4, -0.2) is 18.5 Å². The molecular formula is C16H21N3O3S. The van der Waals surface area contributed by atoms with E-state index in [9.17, 15) is 9.59 Å². The fourth-order valence-corrected chi connectivity index (χ4v) is 3.08. The maximum Gasteiger partial charge on any atom is 0.341 e. The van der Waals surface area contributed by atoms with Crippen molar-refractivity contribution in [3.05, 3.63) is 27.8 Å². The molecule has 1 rings (SSSR count). The van der Waals surface area contributed by atoms with Gasteiger partial charge in [0.15, 0.2) is 0 Å². The van der Waals surface area contributed by atoms with Crippen LogP contribution in [0.5, 0.6) is 0 Å². The van der Waals surface area contributed by atoms with Gasteiger partial charge >= 0.3 is 5.97 Å². The third kappa shape index (κ3) is 4.83. The largest absolute Gasteiger partial charge is 0.462 e. The quantitative estimate of drug-likeness (QED) is 0.453. The first-order chi connectivity index (χ1) is 10.8. The SMILES string of the molecule is CCOC(=O)c1c(CC(C)C)csc1N/C(C)=C(\C#N)C(N)=O. The number of rotatable bonds is 7. The molecule has 0 radical (unpaired) electrons. The monoisotopic (exact) mass is 335 g/mol. The maximum atomic E-state index is 12.3. The fraction of sp³-hybridized carbons (Fsp3) is 0.438. The highest BCUT2D eigenvalue weighted by Crippen LogP contribution is 2.32. The molecule has 23 heavy (non-hydrogen) atoms.